The van der Waals surface area contributed by atoms with Gasteiger partial charge in [0, 0.05) is 54.6 Å². The Labute approximate surface area is 198 Å². The van der Waals surface area contributed by atoms with Crippen LogP contribution in [-0.4, -0.2) is 49.9 Å². The first-order chi connectivity index (χ1) is 16.1. The number of urea groups is 1. The highest BCUT2D eigenvalue weighted by molar-refractivity contribution is 7.14. The monoisotopic (exact) mass is 470 g/mol. The van der Waals surface area contributed by atoms with Crippen LogP contribution in [0.1, 0.15) is 22.9 Å². The van der Waals surface area contributed by atoms with Gasteiger partial charge in [-0.05, 0) is 30.7 Å². The van der Waals surface area contributed by atoms with E-state index in [1.54, 1.807) is 33.5 Å². The standard InChI is InChI=1S/C24H30N4O4S/c1-5-27-11-8-17-18(23(33-21(17)15-27)28-9-6-7-10-28)14-25-24(29)26-16-12-19(30-2)22(32-4)20(13-16)31-3/h6-7,9-10,12-13H,5,8,11,14-15H2,1-4H3,(H2,25,26,29). The fourth-order valence-corrected chi connectivity index (χ4v) is 5.51. The summed E-state index contributed by atoms with van der Waals surface area (Å²) in [6, 6.07) is 7.15. The quantitative estimate of drug-likeness (QED) is 0.514. The van der Waals surface area contributed by atoms with Crippen molar-refractivity contribution in [2.45, 2.75) is 26.4 Å². The Morgan fingerprint density at radius 3 is 2.39 bits per heavy atom. The number of likely N-dealkylation sites (N-methyl/N-ethyl adjacent to an activating group) is 1. The van der Waals surface area contributed by atoms with E-state index < -0.39 is 0 Å². The zero-order chi connectivity index (χ0) is 23.4. The molecule has 0 saturated carbocycles. The summed E-state index contributed by atoms with van der Waals surface area (Å²) < 4.78 is 18.2. The SMILES string of the molecule is CCN1CCc2c(sc(-n3cccc3)c2CNC(=O)Nc2cc(OC)c(OC)c(OC)c2)C1. The summed E-state index contributed by atoms with van der Waals surface area (Å²) in [5.41, 5.74) is 3.10. The normalized spacial score (nSPS) is 13.3. The van der Waals surface area contributed by atoms with Gasteiger partial charge in [0.2, 0.25) is 5.75 Å². The van der Waals surface area contributed by atoms with Crippen molar-refractivity contribution >= 4 is 23.1 Å². The minimum atomic E-state index is -0.298. The number of carbonyl (C=O) groups is 1. The number of hydrogen-bond donors (Lipinski definition) is 2. The van der Waals surface area contributed by atoms with Gasteiger partial charge in [-0.1, -0.05) is 6.92 Å². The number of aromatic nitrogens is 1. The third-order valence-electron chi connectivity index (χ3n) is 5.86. The minimum absolute atomic E-state index is 0.298. The lowest BCUT2D eigenvalue weighted by Gasteiger charge is -2.25. The highest BCUT2D eigenvalue weighted by Crippen LogP contribution is 2.40. The number of amides is 2. The van der Waals surface area contributed by atoms with Crippen molar-refractivity contribution < 1.29 is 19.0 Å². The van der Waals surface area contributed by atoms with E-state index in [0.29, 0.717) is 29.5 Å². The van der Waals surface area contributed by atoms with E-state index in [1.807, 2.05) is 35.9 Å². The van der Waals surface area contributed by atoms with Gasteiger partial charge in [0.1, 0.15) is 5.00 Å². The number of anilines is 1. The van der Waals surface area contributed by atoms with Crippen molar-refractivity contribution in [3.63, 3.8) is 0 Å². The number of carbonyl (C=O) groups excluding carboxylic acids is 1. The second-order valence-corrected chi connectivity index (χ2v) is 8.80. The van der Waals surface area contributed by atoms with Crippen LogP contribution in [0.5, 0.6) is 17.2 Å². The van der Waals surface area contributed by atoms with E-state index in [2.05, 4.69) is 27.0 Å². The van der Waals surface area contributed by atoms with E-state index in [-0.39, 0.29) is 6.03 Å². The average Bonchev–Trinajstić information content (AvgIpc) is 3.49. The van der Waals surface area contributed by atoms with E-state index in [4.69, 9.17) is 14.2 Å². The molecule has 3 heterocycles. The molecule has 9 heteroatoms. The minimum Gasteiger partial charge on any atom is -0.493 e. The molecule has 0 bridgehead atoms. The highest BCUT2D eigenvalue weighted by Gasteiger charge is 2.24. The maximum absolute atomic E-state index is 12.8. The Morgan fingerprint density at radius 1 is 1.09 bits per heavy atom. The number of fused-ring (bicyclic) bond motifs is 1. The molecule has 176 valence electrons. The van der Waals surface area contributed by atoms with Crippen LogP contribution in [0.3, 0.4) is 0 Å². The molecule has 0 saturated heterocycles. The fraction of sp³-hybridized carbons (Fsp3) is 0.375. The first-order valence-corrected chi connectivity index (χ1v) is 11.7. The van der Waals surface area contributed by atoms with Gasteiger partial charge in [-0.2, -0.15) is 0 Å². The summed E-state index contributed by atoms with van der Waals surface area (Å²) in [5.74, 6) is 1.44. The molecule has 0 radical (unpaired) electrons. The molecule has 0 spiro atoms. The zero-order valence-electron chi connectivity index (χ0n) is 19.4. The second kappa shape index (κ2) is 10.2. The van der Waals surface area contributed by atoms with Crippen LogP contribution in [0.15, 0.2) is 36.7 Å². The summed E-state index contributed by atoms with van der Waals surface area (Å²) in [4.78, 5) is 16.6. The van der Waals surface area contributed by atoms with Gasteiger partial charge in [0.05, 0.1) is 27.0 Å². The number of nitrogens with zero attached hydrogens (tertiary/aromatic N) is 2. The van der Waals surface area contributed by atoms with E-state index >= 15 is 0 Å². The smallest absolute Gasteiger partial charge is 0.319 e. The molecule has 0 atom stereocenters. The van der Waals surface area contributed by atoms with Gasteiger partial charge in [0.15, 0.2) is 11.5 Å². The van der Waals surface area contributed by atoms with Crippen LogP contribution >= 0.6 is 11.3 Å². The predicted octanol–water partition coefficient (Wildman–Crippen LogP) is 4.26. The number of benzene rings is 1. The number of thiophene rings is 1. The Balaban J connectivity index is 1.53. The molecule has 1 aromatic carbocycles. The fourth-order valence-electron chi connectivity index (χ4n) is 4.14. The number of ether oxygens (including phenoxy) is 3. The van der Waals surface area contributed by atoms with Crippen molar-refractivity contribution in [1.29, 1.82) is 0 Å². The largest absolute Gasteiger partial charge is 0.493 e. The molecule has 4 rings (SSSR count). The third kappa shape index (κ3) is 4.79. The molecular weight excluding hydrogens is 440 g/mol. The summed E-state index contributed by atoms with van der Waals surface area (Å²) >= 11 is 1.81. The first kappa shape index (κ1) is 23.0. The molecule has 33 heavy (non-hydrogen) atoms. The van der Waals surface area contributed by atoms with Crippen molar-refractivity contribution in [3.8, 4) is 22.2 Å². The van der Waals surface area contributed by atoms with Gasteiger partial charge >= 0.3 is 6.03 Å². The summed E-state index contributed by atoms with van der Waals surface area (Å²) in [7, 11) is 4.64. The van der Waals surface area contributed by atoms with E-state index in [9.17, 15) is 4.79 Å². The van der Waals surface area contributed by atoms with E-state index in [1.165, 1.54) is 16.0 Å². The van der Waals surface area contributed by atoms with Crippen LogP contribution in [-0.2, 0) is 19.5 Å². The topological polar surface area (TPSA) is 77.0 Å². The average molecular weight is 471 g/mol. The zero-order valence-corrected chi connectivity index (χ0v) is 20.3. The van der Waals surface area contributed by atoms with Gasteiger partial charge in [-0.3, -0.25) is 4.90 Å². The molecule has 8 nitrogen and oxygen atoms in total. The number of methoxy groups -OCH3 is 3. The van der Waals surface area contributed by atoms with Crippen LogP contribution in [0, 0.1) is 0 Å². The molecule has 3 aromatic rings. The predicted molar refractivity (Wildman–Crippen MR) is 130 cm³/mol. The maximum atomic E-state index is 12.8. The van der Waals surface area contributed by atoms with Crippen molar-refractivity contribution in [2.75, 3.05) is 39.7 Å². The molecule has 2 aromatic heterocycles. The molecule has 1 aliphatic rings. The lowest BCUT2D eigenvalue weighted by Crippen LogP contribution is -2.31. The van der Waals surface area contributed by atoms with Crippen molar-refractivity contribution in [3.05, 3.63) is 52.7 Å². The maximum Gasteiger partial charge on any atom is 0.319 e. The molecule has 0 fully saturated rings. The lowest BCUT2D eigenvalue weighted by molar-refractivity contribution is 0.251. The van der Waals surface area contributed by atoms with Crippen molar-refractivity contribution in [1.82, 2.24) is 14.8 Å². The second-order valence-electron chi connectivity index (χ2n) is 7.72. The number of rotatable bonds is 8. The molecule has 0 unspecified atom stereocenters. The summed E-state index contributed by atoms with van der Waals surface area (Å²) in [6.07, 6.45) is 5.09. The molecular formula is C24H30N4O4S. The van der Waals surface area contributed by atoms with Gasteiger partial charge < -0.3 is 29.4 Å². The van der Waals surface area contributed by atoms with Crippen LogP contribution < -0.4 is 24.8 Å². The van der Waals surface area contributed by atoms with Gasteiger partial charge in [-0.15, -0.1) is 11.3 Å². The van der Waals surface area contributed by atoms with Gasteiger partial charge in [0.25, 0.3) is 0 Å². The summed E-state index contributed by atoms with van der Waals surface area (Å²) in [6.45, 7) is 5.68. The highest BCUT2D eigenvalue weighted by atomic mass is 32.1. The van der Waals surface area contributed by atoms with Crippen LogP contribution in [0.25, 0.3) is 5.00 Å². The van der Waals surface area contributed by atoms with Crippen LogP contribution in [0.2, 0.25) is 0 Å². The first-order valence-electron chi connectivity index (χ1n) is 10.9. The number of hydrogen-bond acceptors (Lipinski definition) is 6. The Kier molecular flexibility index (Phi) is 7.10. The Morgan fingerprint density at radius 2 is 1.79 bits per heavy atom. The molecule has 2 N–H and O–H groups in total. The Bertz CT molecular complexity index is 1090. The molecule has 0 aliphatic carbocycles. The Hall–Kier alpha value is -3.17. The van der Waals surface area contributed by atoms with Crippen molar-refractivity contribution in [2.24, 2.45) is 0 Å². The van der Waals surface area contributed by atoms with E-state index in [0.717, 1.165) is 31.1 Å². The summed E-state index contributed by atoms with van der Waals surface area (Å²) in [5, 5.41) is 7.07. The lowest BCUT2D eigenvalue weighted by atomic mass is 10.0. The third-order valence-corrected chi connectivity index (χ3v) is 7.13. The number of nitrogens with one attached hydrogen (secondary N) is 2. The van der Waals surface area contributed by atoms with Crippen LogP contribution in [0.4, 0.5) is 10.5 Å². The molecule has 2 amide bonds. The molecule has 1 aliphatic heterocycles. The van der Waals surface area contributed by atoms with Gasteiger partial charge in [-0.25, -0.2) is 4.79 Å².